The molecule has 8 heteroatoms. The van der Waals surface area contributed by atoms with Gasteiger partial charge in [-0.15, -0.1) is 11.8 Å². The van der Waals surface area contributed by atoms with Crippen LogP contribution < -0.4 is 11.1 Å². The van der Waals surface area contributed by atoms with E-state index in [2.05, 4.69) is 5.32 Å². The molecule has 0 spiro atoms. The number of allylic oxidation sites excluding steroid dienone is 1. The molecule has 0 aromatic heterocycles. The molecule has 0 radical (unpaired) electrons. The van der Waals surface area contributed by atoms with Crippen LogP contribution in [0.2, 0.25) is 0 Å². The molecule has 0 heterocycles. The topological polar surface area (TPSA) is 130 Å². The number of aliphatic carboxylic acids is 2. The Bertz CT molecular complexity index is 543. The van der Waals surface area contributed by atoms with Crippen molar-refractivity contribution in [2.24, 2.45) is 17.1 Å². The van der Waals surface area contributed by atoms with Gasteiger partial charge in [0, 0.05) is 5.92 Å². The maximum Gasteiger partial charge on any atom is 0.352 e. The van der Waals surface area contributed by atoms with Gasteiger partial charge in [-0.3, -0.25) is 4.79 Å². The van der Waals surface area contributed by atoms with Crippen molar-refractivity contribution in [3.63, 3.8) is 0 Å². The zero-order valence-electron chi connectivity index (χ0n) is 14.3. The number of carbonyl (C=O) groups excluding carboxylic acids is 1. The zero-order chi connectivity index (χ0) is 18.5. The van der Waals surface area contributed by atoms with E-state index in [-0.39, 0.29) is 22.9 Å². The van der Waals surface area contributed by atoms with Crippen LogP contribution in [0, 0.1) is 11.3 Å². The first kappa shape index (κ1) is 20.5. The van der Waals surface area contributed by atoms with E-state index >= 15 is 0 Å². The van der Waals surface area contributed by atoms with Gasteiger partial charge in [0.15, 0.2) is 4.87 Å². The van der Waals surface area contributed by atoms with Crippen molar-refractivity contribution in [2.45, 2.75) is 51.3 Å². The Hall–Kier alpha value is -1.54. The average Bonchev–Trinajstić information content (AvgIpc) is 3.09. The van der Waals surface area contributed by atoms with Crippen molar-refractivity contribution in [1.82, 2.24) is 5.32 Å². The molecule has 2 atom stereocenters. The lowest BCUT2D eigenvalue weighted by molar-refractivity contribution is -0.139. The molecule has 0 saturated heterocycles. The Morgan fingerprint density at radius 1 is 1.33 bits per heavy atom. The summed E-state index contributed by atoms with van der Waals surface area (Å²) in [5.41, 5.74) is 5.45. The van der Waals surface area contributed by atoms with Gasteiger partial charge in [0.05, 0.1) is 0 Å². The summed E-state index contributed by atoms with van der Waals surface area (Å²) in [5.74, 6) is -2.03. The van der Waals surface area contributed by atoms with E-state index in [1.54, 1.807) is 0 Å². The number of carbonyl (C=O) groups is 3. The molecule has 0 aliphatic heterocycles. The van der Waals surface area contributed by atoms with Gasteiger partial charge in [-0.05, 0) is 43.8 Å². The van der Waals surface area contributed by atoms with Crippen LogP contribution >= 0.6 is 11.8 Å². The summed E-state index contributed by atoms with van der Waals surface area (Å²) < 4.78 is 0. The van der Waals surface area contributed by atoms with Crippen molar-refractivity contribution in [2.75, 3.05) is 5.75 Å². The van der Waals surface area contributed by atoms with Crippen molar-refractivity contribution >= 4 is 29.6 Å². The average molecular weight is 358 g/mol. The Balaban J connectivity index is 2.35. The summed E-state index contributed by atoms with van der Waals surface area (Å²) in [5, 5.41) is 20.5. The molecule has 7 nitrogen and oxygen atoms in total. The SMILES string of the molecule is CC(N)(SCCCC/C=C(\NC(=O)C1CC1(C)C)C(=O)O)C(=O)O. The number of carboxylic acid groups (broad SMARTS) is 2. The number of carboxylic acids is 2. The first-order valence-electron chi connectivity index (χ1n) is 7.88. The lowest BCUT2D eigenvalue weighted by Crippen LogP contribution is -2.41. The van der Waals surface area contributed by atoms with Crippen LogP contribution in [0.5, 0.6) is 0 Å². The van der Waals surface area contributed by atoms with Crippen LogP contribution in [0.1, 0.15) is 46.5 Å². The Morgan fingerprint density at radius 2 is 1.92 bits per heavy atom. The highest BCUT2D eigenvalue weighted by Gasteiger charge is 2.50. The molecular formula is C16H26N2O5S. The van der Waals surface area contributed by atoms with E-state index in [0.717, 1.165) is 18.2 Å². The highest BCUT2D eigenvalue weighted by Crippen LogP contribution is 2.51. The molecule has 136 valence electrons. The van der Waals surface area contributed by atoms with Crippen molar-refractivity contribution in [3.8, 4) is 0 Å². The fourth-order valence-electron chi connectivity index (χ4n) is 2.17. The third-order valence-electron chi connectivity index (χ3n) is 4.09. The normalized spacial score (nSPS) is 21.7. The Kier molecular flexibility index (Phi) is 6.86. The summed E-state index contributed by atoms with van der Waals surface area (Å²) in [6.07, 6.45) is 4.15. The first-order chi connectivity index (χ1) is 11.0. The van der Waals surface area contributed by atoms with Crippen molar-refractivity contribution < 1.29 is 24.6 Å². The van der Waals surface area contributed by atoms with Gasteiger partial charge in [-0.2, -0.15) is 0 Å². The quantitative estimate of drug-likeness (QED) is 0.266. The molecule has 1 fully saturated rings. The number of hydrogen-bond donors (Lipinski definition) is 4. The number of amides is 1. The van der Waals surface area contributed by atoms with Gasteiger partial charge in [0.1, 0.15) is 5.70 Å². The maximum atomic E-state index is 12.0. The Labute approximate surface area is 146 Å². The molecule has 1 aliphatic rings. The van der Waals surface area contributed by atoms with E-state index in [9.17, 15) is 14.4 Å². The third kappa shape index (κ3) is 6.16. The first-order valence-corrected chi connectivity index (χ1v) is 8.86. The van der Waals surface area contributed by atoms with Crippen LogP contribution in [0.25, 0.3) is 0 Å². The summed E-state index contributed by atoms with van der Waals surface area (Å²) in [6.45, 7) is 5.39. The second kappa shape index (κ2) is 8.02. The predicted molar refractivity (Wildman–Crippen MR) is 92.3 cm³/mol. The van der Waals surface area contributed by atoms with Gasteiger partial charge < -0.3 is 21.3 Å². The fourth-order valence-corrected chi connectivity index (χ4v) is 3.06. The lowest BCUT2D eigenvalue weighted by atomic mass is 10.1. The van der Waals surface area contributed by atoms with Crippen LogP contribution in [0.3, 0.4) is 0 Å². The molecular weight excluding hydrogens is 332 g/mol. The van der Waals surface area contributed by atoms with Crippen LogP contribution in [-0.2, 0) is 14.4 Å². The molecule has 0 aromatic rings. The van der Waals surface area contributed by atoms with Crippen LogP contribution in [0.4, 0.5) is 0 Å². The highest BCUT2D eigenvalue weighted by atomic mass is 32.2. The summed E-state index contributed by atoms with van der Waals surface area (Å²) >= 11 is 1.15. The second-order valence-electron chi connectivity index (χ2n) is 6.91. The zero-order valence-corrected chi connectivity index (χ0v) is 15.1. The molecule has 5 N–H and O–H groups in total. The predicted octanol–water partition coefficient (Wildman–Crippen LogP) is 1.78. The van der Waals surface area contributed by atoms with Crippen LogP contribution in [0.15, 0.2) is 11.8 Å². The van der Waals surface area contributed by atoms with Crippen molar-refractivity contribution in [1.29, 1.82) is 0 Å². The van der Waals surface area contributed by atoms with Gasteiger partial charge in [0.2, 0.25) is 5.91 Å². The molecule has 24 heavy (non-hydrogen) atoms. The largest absolute Gasteiger partial charge is 0.479 e. The number of hydrogen-bond acceptors (Lipinski definition) is 5. The number of nitrogens with one attached hydrogen (secondary N) is 1. The molecule has 2 unspecified atom stereocenters. The molecule has 1 aliphatic carbocycles. The molecule has 0 bridgehead atoms. The molecule has 1 saturated carbocycles. The monoisotopic (exact) mass is 358 g/mol. The minimum atomic E-state index is -1.31. The van der Waals surface area contributed by atoms with E-state index in [1.807, 2.05) is 13.8 Å². The van der Waals surface area contributed by atoms with E-state index in [4.69, 9.17) is 15.9 Å². The maximum absolute atomic E-state index is 12.0. The fraction of sp³-hybridized carbons (Fsp3) is 0.688. The number of thioether (sulfide) groups is 1. The van der Waals surface area contributed by atoms with Gasteiger partial charge in [-0.25, -0.2) is 9.59 Å². The van der Waals surface area contributed by atoms with E-state index in [1.165, 1.54) is 13.0 Å². The number of unbranched alkanes of at least 4 members (excludes halogenated alkanes) is 2. The Morgan fingerprint density at radius 3 is 2.38 bits per heavy atom. The summed E-state index contributed by atoms with van der Waals surface area (Å²) in [6, 6.07) is 0. The highest BCUT2D eigenvalue weighted by molar-refractivity contribution is 8.01. The van der Waals surface area contributed by atoms with Crippen LogP contribution in [-0.4, -0.2) is 38.7 Å². The molecule has 1 rings (SSSR count). The standard InChI is InChI=1S/C16H26N2O5S/c1-15(2)9-10(15)12(19)18-11(13(20)21)7-5-4-6-8-24-16(3,17)14(22)23/h7,10H,4-6,8-9,17H2,1-3H3,(H,18,19)(H,20,21)(H,22,23)/b11-7-. The van der Waals surface area contributed by atoms with Crippen molar-refractivity contribution in [3.05, 3.63) is 11.8 Å². The number of rotatable bonds is 10. The smallest absolute Gasteiger partial charge is 0.352 e. The molecule has 1 amide bonds. The van der Waals surface area contributed by atoms with Gasteiger partial charge >= 0.3 is 11.9 Å². The van der Waals surface area contributed by atoms with Gasteiger partial charge in [0.25, 0.3) is 0 Å². The van der Waals surface area contributed by atoms with E-state index < -0.39 is 16.8 Å². The van der Waals surface area contributed by atoms with E-state index in [0.29, 0.717) is 25.0 Å². The summed E-state index contributed by atoms with van der Waals surface area (Å²) in [4.78, 5) is 32.7. The second-order valence-corrected chi connectivity index (χ2v) is 8.46. The minimum absolute atomic E-state index is 0.0517. The lowest BCUT2D eigenvalue weighted by Gasteiger charge is -2.17. The minimum Gasteiger partial charge on any atom is -0.479 e. The van der Waals surface area contributed by atoms with Gasteiger partial charge in [-0.1, -0.05) is 19.9 Å². The molecule has 0 aromatic carbocycles. The summed E-state index contributed by atoms with van der Waals surface area (Å²) in [7, 11) is 0. The third-order valence-corrected chi connectivity index (χ3v) is 5.36. The number of nitrogens with two attached hydrogens (primary N) is 1.